The SMILES string of the molecule is CCCC(C(=O)OCC)C1(O)CCC(C)c2ccccc21. The Morgan fingerprint density at radius 1 is 1.43 bits per heavy atom. The first kappa shape index (κ1) is 16.0. The third-order valence-electron chi connectivity index (χ3n) is 4.64. The smallest absolute Gasteiger partial charge is 0.312 e. The van der Waals surface area contributed by atoms with Crippen LogP contribution in [0.4, 0.5) is 0 Å². The number of ether oxygens (including phenoxy) is 1. The minimum Gasteiger partial charge on any atom is -0.466 e. The summed E-state index contributed by atoms with van der Waals surface area (Å²) in [5.74, 6) is -0.326. The molecule has 3 heteroatoms. The molecule has 21 heavy (non-hydrogen) atoms. The lowest BCUT2D eigenvalue weighted by atomic mass is 9.67. The summed E-state index contributed by atoms with van der Waals surface area (Å²) < 4.78 is 5.22. The molecule has 0 saturated carbocycles. The molecule has 2 rings (SSSR count). The lowest BCUT2D eigenvalue weighted by molar-refractivity contribution is -0.161. The molecular weight excluding hydrogens is 264 g/mol. The third kappa shape index (κ3) is 2.98. The van der Waals surface area contributed by atoms with Gasteiger partial charge in [0.1, 0.15) is 5.60 Å². The highest BCUT2D eigenvalue weighted by Crippen LogP contribution is 2.46. The largest absolute Gasteiger partial charge is 0.466 e. The summed E-state index contributed by atoms with van der Waals surface area (Å²) in [6.07, 6.45) is 3.02. The van der Waals surface area contributed by atoms with Gasteiger partial charge in [-0.25, -0.2) is 0 Å². The van der Waals surface area contributed by atoms with E-state index in [0.717, 1.165) is 24.0 Å². The van der Waals surface area contributed by atoms with Crippen molar-refractivity contribution in [3.05, 3.63) is 35.4 Å². The van der Waals surface area contributed by atoms with E-state index in [4.69, 9.17) is 4.74 Å². The van der Waals surface area contributed by atoms with E-state index in [0.29, 0.717) is 25.4 Å². The van der Waals surface area contributed by atoms with E-state index >= 15 is 0 Å². The molecule has 0 bridgehead atoms. The number of hydrogen-bond donors (Lipinski definition) is 1. The average molecular weight is 290 g/mol. The number of fused-ring (bicyclic) bond motifs is 1. The fourth-order valence-electron chi connectivity index (χ4n) is 3.49. The monoisotopic (exact) mass is 290 g/mol. The quantitative estimate of drug-likeness (QED) is 0.840. The predicted octanol–water partition coefficient (Wildman–Crippen LogP) is 3.75. The average Bonchev–Trinajstić information content (AvgIpc) is 2.49. The lowest BCUT2D eigenvalue weighted by Gasteiger charge is -2.41. The normalized spacial score (nSPS) is 26.0. The number of hydrogen-bond acceptors (Lipinski definition) is 3. The van der Waals surface area contributed by atoms with Gasteiger partial charge in [-0.15, -0.1) is 0 Å². The van der Waals surface area contributed by atoms with Crippen molar-refractivity contribution in [3.63, 3.8) is 0 Å². The Hall–Kier alpha value is -1.35. The Morgan fingerprint density at radius 3 is 2.81 bits per heavy atom. The van der Waals surface area contributed by atoms with Crippen LogP contribution in [-0.4, -0.2) is 17.7 Å². The van der Waals surface area contributed by atoms with E-state index in [1.165, 1.54) is 0 Å². The van der Waals surface area contributed by atoms with Gasteiger partial charge in [-0.2, -0.15) is 0 Å². The van der Waals surface area contributed by atoms with Crippen LogP contribution in [0, 0.1) is 5.92 Å². The van der Waals surface area contributed by atoms with Gasteiger partial charge in [0.15, 0.2) is 0 Å². The van der Waals surface area contributed by atoms with Crippen molar-refractivity contribution < 1.29 is 14.6 Å². The van der Waals surface area contributed by atoms with Gasteiger partial charge in [0.05, 0.1) is 12.5 Å². The lowest BCUT2D eigenvalue weighted by Crippen LogP contribution is -2.43. The summed E-state index contributed by atoms with van der Waals surface area (Å²) in [6.45, 7) is 6.37. The summed E-state index contributed by atoms with van der Waals surface area (Å²) in [5, 5.41) is 11.3. The molecule has 3 atom stereocenters. The van der Waals surface area contributed by atoms with Crippen LogP contribution in [-0.2, 0) is 15.1 Å². The van der Waals surface area contributed by atoms with Crippen LogP contribution in [0.2, 0.25) is 0 Å². The molecule has 1 aliphatic carbocycles. The van der Waals surface area contributed by atoms with Gasteiger partial charge >= 0.3 is 5.97 Å². The van der Waals surface area contributed by atoms with Gasteiger partial charge in [0.2, 0.25) is 0 Å². The molecule has 116 valence electrons. The summed E-state index contributed by atoms with van der Waals surface area (Å²) >= 11 is 0. The summed E-state index contributed by atoms with van der Waals surface area (Å²) in [7, 11) is 0. The van der Waals surface area contributed by atoms with E-state index in [2.05, 4.69) is 13.0 Å². The zero-order valence-corrected chi connectivity index (χ0v) is 13.3. The van der Waals surface area contributed by atoms with Crippen molar-refractivity contribution in [2.24, 2.45) is 5.92 Å². The topological polar surface area (TPSA) is 46.5 Å². The number of benzene rings is 1. The second kappa shape index (κ2) is 6.61. The highest BCUT2D eigenvalue weighted by Gasteiger charge is 2.46. The van der Waals surface area contributed by atoms with Gasteiger partial charge in [-0.3, -0.25) is 4.79 Å². The summed E-state index contributed by atoms with van der Waals surface area (Å²) in [4.78, 5) is 12.3. The predicted molar refractivity (Wildman–Crippen MR) is 83.0 cm³/mol. The summed E-state index contributed by atoms with van der Waals surface area (Å²) in [5.41, 5.74) is 0.984. The molecule has 1 aromatic rings. The van der Waals surface area contributed by atoms with Gasteiger partial charge in [-0.05, 0) is 43.2 Å². The van der Waals surface area contributed by atoms with Crippen LogP contribution in [0.1, 0.15) is 63.5 Å². The first-order chi connectivity index (χ1) is 10.0. The minimum atomic E-state index is -1.09. The van der Waals surface area contributed by atoms with Crippen LogP contribution in [0.5, 0.6) is 0 Å². The van der Waals surface area contributed by atoms with Crippen LogP contribution in [0.25, 0.3) is 0 Å². The molecule has 1 N–H and O–H groups in total. The van der Waals surface area contributed by atoms with Crippen molar-refractivity contribution in [2.45, 2.75) is 58.0 Å². The molecule has 3 nitrogen and oxygen atoms in total. The Morgan fingerprint density at radius 2 is 2.14 bits per heavy atom. The molecule has 0 fully saturated rings. The van der Waals surface area contributed by atoms with Crippen molar-refractivity contribution in [2.75, 3.05) is 6.61 Å². The molecule has 0 aromatic heterocycles. The second-order valence-corrected chi connectivity index (χ2v) is 6.04. The molecule has 0 aliphatic heterocycles. The first-order valence-electron chi connectivity index (χ1n) is 8.03. The number of aliphatic hydroxyl groups is 1. The maximum absolute atomic E-state index is 12.3. The minimum absolute atomic E-state index is 0.272. The third-order valence-corrected chi connectivity index (χ3v) is 4.64. The van der Waals surface area contributed by atoms with E-state index in [-0.39, 0.29) is 5.97 Å². The first-order valence-corrected chi connectivity index (χ1v) is 8.03. The number of carbonyl (C=O) groups excluding carboxylic acids is 1. The van der Waals surface area contributed by atoms with Gasteiger partial charge < -0.3 is 9.84 Å². The van der Waals surface area contributed by atoms with E-state index < -0.39 is 11.5 Å². The van der Waals surface area contributed by atoms with Crippen LogP contribution in [0.15, 0.2) is 24.3 Å². The summed E-state index contributed by atoms with van der Waals surface area (Å²) in [6, 6.07) is 7.97. The molecule has 0 radical (unpaired) electrons. The van der Waals surface area contributed by atoms with Gasteiger partial charge in [0, 0.05) is 0 Å². The van der Waals surface area contributed by atoms with Crippen molar-refractivity contribution in [1.29, 1.82) is 0 Å². The van der Waals surface area contributed by atoms with E-state index in [1.807, 2.05) is 32.0 Å². The van der Waals surface area contributed by atoms with Crippen LogP contribution >= 0.6 is 0 Å². The van der Waals surface area contributed by atoms with Crippen molar-refractivity contribution >= 4 is 5.97 Å². The Bertz CT molecular complexity index is 497. The molecule has 0 spiro atoms. The van der Waals surface area contributed by atoms with E-state index in [9.17, 15) is 9.90 Å². The van der Waals surface area contributed by atoms with Gasteiger partial charge in [0.25, 0.3) is 0 Å². The Kier molecular flexibility index (Phi) is 5.04. The molecule has 3 unspecified atom stereocenters. The highest BCUT2D eigenvalue weighted by molar-refractivity contribution is 5.74. The van der Waals surface area contributed by atoms with Crippen molar-refractivity contribution in [1.82, 2.24) is 0 Å². The maximum atomic E-state index is 12.3. The van der Waals surface area contributed by atoms with Gasteiger partial charge in [-0.1, -0.05) is 44.5 Å². The Labute approximate surface area is 127 Å². The van der Waals surface area contributed by atoms with Crippen LogP contribution in [0.3, 0.4) is 0 Å². The number of esters is 1. The molecule has 1 aromatic carbocycles. The molecular formula is C18H26O3. The number of rotatable bonds is 5. The molecule has 0 amide bonds. The van der Waals surface area contributed by atoms with E-state index in [1.54, 1.807) is 0 Å². The molecule has 0 heterocycles. The van der Waals surface area contributed by atoms with Crippen molar-refractivity contribution in [3.8, 4) is 0 Å². The van der Waals surface area contributed by atoms with Crippen LogP contribution < -0.4 is 0 Å². The second-order valence-electron chi connectivity index (χ2n) is 6.04. The maximum Gasteiger partial charge on any atom is 0.312 e. The fourth-order valence-corrected chi connectivity index (χ4v) is 3.49. The molecule has 1 aliphatic rings. The zero-order valence-electron chi connectivity index (χ0n) is 13.3. The highest BCUT2D eigenvalue weighted by atomic mass is 16.5. The molecule has 0 saturated heterocycles. The Balaban J connectivity index is 2.43. The fraction of sp³-hybridized carbons (Fsp3) is 0.611. The number of carbonyl (C=O) groups is 1. The zero-order chi connectivity index (χ0) is 15.5. The standard InChI is InChI=1S/C18H26O3/c1-4-8-16(17(19)21-5-2)18(20)12-11-13(3)14-9-6-7-10-15(14)18/h6-7,9-10,13,16,20H,4-5,8,11-12H2,1-3H3.